The van der Waals surface area contributed by atoms with Gasteiger partial charge in [-0.2, -0.15) is 0 Å². The third-order valence-electron chi connectivity index (χ3n) is 3.99. The SMILES string of the molecule is COC(=O)CCC[NH2+][C@H](C(=O)Nc1cccc(OC)c1)c1ccccc1. The molecule has 0 bridgehead atoms. The zero-order chi connectivity index (χ0) is 18.8. The van der Waals surface area contributed by atoms with E-state index in [0.717, 1.165) is 5.56 Å². The first-order chi connectivity index (χ1) is 12.6. The van der Waals surface area contributed by atoms with Crippen LogP contribution in [0.1, 0.15) is 24.4 Å². The van der Waals surface area contributed by atoms with Crippen LogP contribution in [0.3, 0.4) is 0 Å². The van der Waals surface area contributed by atoms with Crippen molar-refractivity contribution in [3.05, 3.63) is 60.2 Å². The van der Waals surface area contributed by atoms with E-state index >= 15 is 0 Å². The first kappa shape index (κ1) is 19.5. The highest BCUT2D eigenvalue weighted by molar-refractivity contribution is 5.94. The summed E-state index contributed by atoms with van der Waals surface area (Å²) in [5.41, 5.74) is 1.59. The first-order valence-electron chi connectivity index (χ1n) is 8.54. The van der Waals surface area contributed by atoms with E-state index < -0.39 is 6.04 Å². The molecule has 2 aromatic carbocycles. The molecular weight excluding hydrogens is 332 g/mol. The monoisotopic (exact) mass is 357 g/mol. The maximum atomic E-state index is 12.8. The summed E-state index contributed by atoms with van der Waals surface area (Å²) >= 11 is 0. The molecule has 0 aliphatic heterocycles. The molecule has 26 heavy (non-hydrogen) atoms. The number of hydrogen-bond donors (Lipinski definition) is 2. The summed E-state index contributed by atoms with van der Waals surface area (Å²) in [6.45, 7) is 0.639. The third-order valence-corrected chi connectivity index (χ3v) is 3.99. The molecule has 6 nitrogen and oxygen atoms in total. The molecule has 0 saturated carbocycles. The standard InChI is InChI=1S/C20H24N2O4/c1-25-17-11-6-10-16(14-17)22-20(24)19(15-8-4-3-5-9-15)21-13-7-12-18(23)26-2/h3-6,8-11,14,19,21H,7,12-13H2,1-2H3,(H,22,24)/p+1/t19-/m0/s1. The van der Waals surface area contributed by atoms with Gasteiger partial charge in [-0.3, -0.25) is 9.59 Å². The zero-order valence-electron chi connectivity index (χ0n) is 15.1. The van der Waals surface area contributed by atoms with Gasteiger partial charge in [-0.1, -0.05) is 36.4 Å². The lowest BCUT2D eigenvalue weighted by Gasteiger charge is -2.16. The highest BCUT2D eigenvalue weighted by Gasteiger charge is 2.24. The van der Waals surface area contributed by atoms with E-state index in [1.54, 1.807) is 13.2 Å². The second-order valence-corrected chi connectivity index (χ2v) is 5.81. The Morgan fingerprint density at radius 1 is 1.08 bits per heavy atom. The van der Waals surface area contributed by atoms with Crippen LogP contribution in [0.4, 0.5) is 5.69 Å². The van der Waals surface area contributed by atoms with E-state index in [1.807, 2.05) is 53.8 Å². The van der Waals surface area contributed by atoms with Crippen LogP contribution in [0, 0.1) is 0 Å². The lowest BCUT2D eigenvalue weighted by atomic mass is 10.1. The minimum absolute atomic E-state index is 0.123. The summed E-state index contributed by atoms with van der Waals surface area (Å²) in [7, 11) is 2.96. The molecule has 3 N–H and O–H groups in total. The van der Waals surface area contributed by atoms with E-state index in [0.29, 0.717) is 30.8 Å². The van der Waals surface area contributed by atoms with Crippen molar-refractivity contribution in [2.45, 2.75) is 18.9 Å². The van der Waals surface area contributed by atoms with Crippen molar-refractivity contribution in [2.75, 3.05) is 26.1 Å². The molecular formula is C20H25N2O4+. The topological polar surface area (TPSA) is 81.2 Å². The van der Waals surface area contributed by atoms with Gasteiger partial charge in [0.2, 0.25) is 0 Å². The molecule has 0 aromatic heterocycles. The second kappa shape index (κ2) is 10.2. The van der Waals surface area contributed by atoms with Crippen molar-refractivity contribution < 1.29 is 24.4 Å². The second-order valence-electron chi connectivity index (χ2n) is 5.81. The van der Waals surface area contributed by atoms with Crippen molar-refractivity contribution >= 4 is 17.6 Å². The molecule has 2 aromatic rings. The van der Waals surface area contributed by atoms with Gasteiger partial charge in [0.1, 0.15) is 5.75 Å². The van der Waals surface area contributed by atoms with Gasteiger partial charge < -0.3 is 20.1 Å². The predicted molar refractivity (Wildman–Crippen MR) is 98.8 cm³/mol. The van der Waals surface area contributed by atoms with Crippen LogP contribution in [0.15, 0.2) is 54.6 Å². The minimum Gasteiger partial charge on any atom is -0.497 e. The number of carbonyl (C=O) groups is 2. The van der Waals surface area contributed by atoms with Gasteiger partial charge in [-0.25, -0.2) is 0 Å². The van der Waals surface area contributed by atoms with Gasteiger partial charge in [-0.05, 0) is 12.1 Å². The summed E-state index contributed by atoms with van der Waals surface area (Å²) < 4.78 is 9.84. The number of benzene rings is 2. The Kier molecular flexibility index (Phi) is 7.64. The fraction of sp³-hybridized carbons (Fsp3) is 0.300. The summed E-state index contributed by atoms with van der Waals surface area (Å²) in [6.07, 6.45) is 0.981. The average molecular weight is 357 g/mol. The Bertz CT molecular complexity index is 719. The molecule has 0 aliphatic rings. The quantitative estimate of drug-likeness (QED) is 0.530. The number of carbonyl (C=O) groups excluding carboxylic acids is 2. The highest BCUT2D eigenvalue weighted by atomic mass is 16.5. The largest absolute Gasteiger partial charge is 0.497 e. The van der Waals surface area contributed by atoms with E-state index in [9.17, 15) is 9.59 Å². The lowest BCUT2D eigenvalue weighted by molar-refractivity contribution is -0.682. The number of nitrogens with two attached hydrogens (primary N) is 1. The molecule has 1 amide bonds. The molecule has 2 rings (SSSR count). The van der Waals surface area contributed by atoms with Gasteiger partial charge in [-0.15, -0.1) is 0 Å². The van der Waals surface area contributed by atoms with Gasteiger partial charge in [0, 0.05) is 23.7 Å². The van der Waals surface area contributed by atoms with Crippen LogP contribution in [0.5, 0.6) is 5.75 Å². The van der Waals surface area contributed by atoms with Crippen LogP contribution in [-0.2, 0) is 14.3 Å². The molecule has 0 aliphatic carbocycles. The molecule has 1 atom stereocenters. The van der Waals surface area contributed by atoms with Crippen LogP contribution < -0.4 is 15.4 Å². The normalized spacial score (nSPS) is 11.5. The first-order valence-corrected chi connectivity index (χ1v) is 8.54. The van der Waals surface area contributed by atoms with Crippen LogP contribution in [0.25, 0.3) is 0 Å². The Balaban J connectivity index is 2.04. The average Bonchev–Trinajstić information content (AvgIpc) is 2.68. The Hall–Kier alpha value is -2.86. The number of ether oxygens (including phenoxy) is 2. The van der Waals surface area contributed by atoms with E-state index in [-0.39, 0.29) is 11.9 Å². The number of esters is 1. The van der Waals surface area contributed by atoms with E-state index in [4.69, 9.17) is 4.74 Å². The Labute approximate surface area is 153 Å². The number of nitrogens with one attached hydrogen (secondary N) is 1. The zero-order valence-corrected chi connectivity index (χ0v) is 15.1. The van der Waals surface area contributed by atoms with Gasteiger partial charge in [0.15, 0.2) is 6.04 Å². The van der Waals surface area contributed by atoms with Crippen molar-refractivity contribution in [1.82, 2.24) is 0 Å². The molecule has 0 radical (unpaired) electrons. The third kappa shape index (κ3) is 5.89. The van der Waals surface area contributed by atoms with Crippen LogP contribution >= 0.6 is 0 Å². The van der Waals surface area contributed by atoms with Gasteiger partial charge in [0.05, 0.1) is 27.2 Å². The van der Waals surface area contributed by atoms with Crippen LogP contribution in [-0.4, -0.2) is 32.6 Å². The number of quaternary nitrogens is 1. The summed E-state index contributed by atoms with van der Waals surface area (Å²) in [5, 5.41) is 4.87. The molecule has 138 valence electrons. The van der Waals surface area contributed by atoms with Crippen molar-refractivity contribution in [3.63, 3.8) is 0 Å². The molecule has 0 fully saturated rings. The van der Waals surface area contributed by atoms with Crippen LogP contribution in [0.2, 0.25) is 0 Å². The number of hydrogen-bond acceptors (Lipinski definition) is 4. The fourth-order valence-electron chi connectivity index (χ4n) is 2.61. The molecule has 0 heterocycles. The van der Waals surface area contributed by atoms with Gasteiger partial charge >= 0.3 is 5.97 Å². The molecule has 0 saturated heterocycles. The van der Waals surface area contributed by atoms with Crippen molar-refractivity contribution in [3.8, 4) is 5.75 Å². The Morgan fingerprint density at radius 3 is 2.54 bits per heavy atom. The maximum Gasteiger partial charge on any atom is 0.305 e. The highest BCUT2D eigenvalue weighted by Crippen LogP contribution is 2.18. The minimum atomic E-state index is -0.403. The summed E-state index contributed by atoms with van der Waals surface area (Å²) in [6, 6.07) is 16.4. The summed E-state index contributed by atoms with van der Waals surface area (Å²) in [5.74, 6) is 0.319. The smallest absolute Gasteiger partial charge is 0.305 e. The molecule has 0 spiro atoms. The van der Waals surface area contributed by atoms with Gasteiger partial charge in [0.25, 0.3) is 5.91 Å². The van der Waals surface area contributed by atoms with E-state index in [2.05, 4.69) is 10.1 Å². The van der Waals surface area contributed by atoms with Crippen molar-refractivity contribution in [1.29, 1.82) is 0 Å². The molecule has 6 heteroatoms. The van der Waals surface area contributed by atoms with E-state index in [1.165, 1.54) is 7.11 Å². The predicted octanol–water partition coefficient (Wildman–Crippen LogP) is 1.89. The Morgan fingerprint density at radius 2 is 1.85 bits per heavy atom. The molecule has 0 unspecified atom stereocenters. The number of anilines is 1. The summed E-state index contributed by atoms with van der Waals surface area (Å²) in [4.78, 5) is 24.1. The number of amides is 1. The fourth-order valence-corrected chi connectivity index (χ4v) is 2.61. The lowest BCUT2D eigenvalue weighted by Crippen LogP contribution is -2.87. The van der Waals surface area contributed by atoms with Crippen molar-refractivity contribution in [2.24, 2.45) is 0 Å². The number of methoxy groups -OCH3 is 2. The maximum absolute atomic E-state index is 12.8. The number of rotatable bonds is 9.